The summed E-state index contributed by atoms with van der Waals surface area (Å²) >= 11 is 0. The molecule has 4 heteroatoms. The summed E-state index contributed by atoms with van der Waals surface area (Å²) in [6.07, 6.45) is 1.06. The van der Waals surface area contributed by atoms with E-state index in [0.29, 0.717) is 0 Å². The molecule has 0 spiro atoms. The molecule has 0 unspecified atom stereocenters. The quantitative estimate of drug-likeness (QED) is 0.567. The molecule has 16 heavy (non-hydrogen) atoms. The standard InChI is InChI=1S/C12H26N4/c1-5-6-14-11(13)15-7-9-16(10-8-15)12(2,3)4/h5-10H2,1-4H3,(H2,13,14). The molecule has 0 bridgehead atoms. The highest BCUT2D eigenvalue weighted by molar-refractivity contribution is 5.78. The monoisotopic (exact) mass is 226 g/mol. The van der Waals surface area contributed by atoms with E-state index in [2.05, 4.69) is 42.5 Å². The minimum absolute atomic E-state index is 0.265. The molecular formula is C12H26N4. The Bertz CT molecular complexity index is 234. The van der Waals surface area contributed by atoms with Crippen molar-refractivity contribution in [2.45, 2.75) is 39.7 Å². The third-order valence-corrected chi connectivity index (χ3v) is 3.05. The lowest BCUT2D eigenvalue weighted by molar-refractivity contribution is 0.0878. The minimum Gasteiger partial charge on any atom is -0.370 e. The topological polar surface area (TPSA) is 44.9 Å². The van der Waals surface area contributed by atoms with E-state index in [-0.39, 0.29) is 5.54 Å². The number of aliphatic imine (C=N–C) groups is 1. The molecular weight excluding hydrogens is 200 g/mol. The summed E-state index contributed by atoms with van der Waals surface area (Å²) in [5, 5.41) is 0. The summed E-state index contributed by atoms with van der Waals surface area (Å²) in [4.78, 5) is 9.04. The molecule has 1 heterocycles. The predicted octanol–water partition coefficient (Wildman–Crippen LogP) is 1.13. The van der Waals surface area contributed by atoms with E-state index in [1.807, 2.05) is 0 Å². The second-order valence-electron chi connectivity index (χ2n) is 5.38. The number of piperazine rings is 1. The van der Waals surface area contributed by atoms with Crippen LogP contribution in [-0.4, -0.2) is 54.0 Å². The van der Waals surface area contributed by atoms with Crippen LogP contribution in [-0.2, 0) is 0 Å². The van der Waals surface area contributed by atoms with E-state index in [9.17, 15) is 0 Å². The lowest BCUT2D eigenvalue weighted by Crippen LogP contribution is -2.56. The van der Waals surface area contributed by atoms with E-state index in [1.54, 1.807) is 0 Å². The van der Waals surface area contributed by atoms with Gasteiger partial charge in [0.2, 0.25) is 0 Å². The Balaban J connectivity index is 2.43. The molecule has 1 saturated heterocycles. The third kappa shape index (κ3) is 3.67. The van der Waals surface area contributed by atoms with Crippen LogP contribution in [0, 0.1) is 0 Å². The first-order valence-corrected chi connectivity index (χ1v) is 6.25. The molecule has 0 aromatic heterocycles. The van der Waals surface area contributed by atoms with E-state index in [1.165, 1.54) is 0 Å². The van der Waals surface area contributed by atoms with Crippen LogP contribution in [0.1, 0.15) is 34.1 Å². The van der Waals surface area contributed by atoms with Crippen molar-refractivity contribution in [3.8, 4) is 0 Å². The van der Waals surface area contributed by atoms with E-state index < -0.39 is 0 Å². The Labute approximate surface area is 99.5 Å². The molecule has 0 aliphatic carbocycles. The van der Waals surface area contributed by atoms with Crippen molar-refractivity contribution < 1.29 is 0 Å². The number of hydrogen-bond donors (Lipinski definition) is 1. The van der Waals surface area contributed by atoms with Gasteiger partial charge in [-0.2, -0.15) is 0 Å². The van der Waals surface area contributed by atoms with Gasteiger partial charge in [0.25, 0.3) is 0 Å². The number of hydrogen-bond acceptors (Lipinski definition) is 2. The molecule has 0 aromatic carbocycles. The zero-order valence-electron chi connectivity index (χ0n) is 11.2. The molecule has 94 valence electrons. The zero-order valence-corrected chi connectivity index (χ0v) is 11.2. The summed E-state index contributed by atoms with van der Waals surface area (Å²) in [6, 6.07) is 0. The molecule has 0 saturated carbocycles. The van der Waals surface area contributed by atoms with Crippen LogP contribution >= 0.6 is 0 Å². The van der Waals surface area contributed by atoms with Crippen molar-refractivity contribution in [2.24, 2.45) is 10.7 Å². The normalized spacial score (nSPS) is 20.2. The fourth-order valence-corrected chi connectivity index (χ4v) is 1.93. The van der Waals surface area contributed by atoms with Crippen molar-refractivity contribution in [3.63, 3.8) is 0 Å². The van der Waals surface area contributed by atoms with Crippen molar-refractivity contribution >= 4 is 5.96 Å². The van der Waals surface area contributed by atoms with Crippen LogP contribution in [0.25, 0.3) is 0 Å². The van der Waals surface area contributed by atoms with Gasteiger partial charge >= 0.3 is 0 Å². The Morgan fingerprint density at radius 2 is 1.75 bits per heavy atom. The number of guanidine groups is 1. The zero-order chi connectivity index (χ0) is 12.2. The summed E-state index contributed by atoms with van der Waals surface area (Å²) < 4.78 is 0. The van der Waals surface area contributed by atoms with Crippen LogP contribution < -0.4 is 5.73 Å². The first-order valence-electron chi connectivity index (χ1n) is 6.25. The fourth-order valence-electron chi connectivity index (χ4n) is 1.93. The van der Waals surface area contributed by atoms with Gasteiger partial charge in [0, 0.05) is 38.3 Å². The Kier molecular flexibility index (Phi) is 4.59. The average Bonchev–Trinajstić information content (AvgIpc) is 2.25. The SMILES string of the molecule is CCCN=C(N)N1CCN(C(C)(C)C)CC1. The molecule has 4 nitrogen and oxygen atoms in total. The fraction of sp³-hybridized carbons (Fsp3) is 0.917. The molecule has 0 aromatic rings. The van der Waals surface area contributed by atoms with E-state index in [4.69, 9.17) is 5.73 Å². The van der Waals surface area contributed by atoms with Crippen LogP contribution in [0.15, 0.2) is 4.99 Å². The van der Waals surface area contributed by atoms with Gasteiger partial charge in [0.05, 0.1) is 0 Å². The maximum absolute atomic E-state index is 5.95. The van der Waals surface area contributed by atoms with Crippen molar-refractivity contribution in [3.05, 3.63) is 0 Å². The molecule has 1 rings (SSSR count). The Morgan fingerprint density at radius 1 is 1.19 bits per heavy atom. The predicted molar refractivity (Wildman–Crippen MR) is 69.7 cm³/mol. The van der Waals surface area contributed by atoms with Crippen LogP contribution in [0.2, 0.25) is 0 Å². The largest absolute Gasteiger partial charge is 0.370 e. The average molecular weight is 226 g/mol. The molecule has 1 fully saturated rings. The Hall–Kier alpha value is -0.770. The van der Waals surface area contributed by atoms with Crippen molar-refractivity contribution in [1.29, 1.82) is 0 Å². The smallest absolute Gasteiger partial charge is 0.191 e. The van der Waals surface area contributed by atoms with Gasteiger partial charge in [-0.25, -0.2) is 0 Å². The molecule has 1 aliphatic heterocycles. The van der Waals surface area contributed by atoms with Crippen LogP contribution in [0.3, 0.4) is 0 Å². The minimum atomic E-state index is 0.265. The van der Waals surface area contributed by atoms with Gasteiger partial charge in [0.15, 0.2) is 5.96 Å². The lowest BCUT2D eigenvalue weighted by Gasteiger charge is -2.42. The maximum Gasteiger partial charge on any atom is 0.191 e. The second kappa shape index (κ2) is 5.53. The molecule has 0 amide bonds. The summed E-state index contributed by atoms with van der Waals surface area (Å²) in [5.74, 6) is 0.718. The first-order chi connectivity index (χ1) is 7.45. The number of rotatable bonds is 2. The highest BCUT2D eigenvalue weighted by Crippen LogP contribution is 2.15. The van der Waals surface area contributed by atoms with Crippen molar-refractivity contribution in [1.82, 2.24) is 9.80 Å². The summed E-state index contributed by atoms with van der Waals surface area (Å²) in [5.41, 5.74) is 6.21. The van der Waals surface area contributed by atoms with Crippen LogP contribution in [0.4, 0.5) is 0 Å². The highest BCUT2D eigenvalue weighted by Gasteiger charge is 2.26. The van der Waals surface area contributed by atoms with Gasteiger partial charge < -0.3 is 10.6 Å². The van der Waals surface area contributed by atoms with Gasteiger partial charge in [-0.3, -0.25) is 9.89 Å². The molecule has 1 aliphatic rings. The van der Waals surface area contributed by atoms with E-state index in [0.717, 1.165) is 45.1 Å². The highest BCUT2D eigenvalue weighted by atomic mass is 15.3. The van der Waals surface area contributed by atoms with Gasteiger partial charge in [-0.15, -0.1) is 0 Å². The van der Waals surface area contributed by atoms with Crippen molar-refractivity contribution in [2.75, 3.05) is 32.7 Å². The third-order valence-electron chi connectivity index (χ3n) is 3.05. The second-order valence-corrected chi connectivity index (χ2v) is 5.38. The molecule has 2 N–H and O–H groups in total. The Morgan fingerprint density at radius 3 is 2.19 bits per heavy atom. The summed E-state index contributed by atoms with van der Waals surface area (Å²) in [7, 11) is 0. The lowest BCUT2D eigenvalue weighted by atomic mass is 10.1. The number of nitrogens with two attached hydrogens (primary N) is 1. The summed E-state index contributed by atoms with van der Waals surface area (Å²) in [6.45, 7) is 13.9. The first kappa shape index (κ1) is 13.3. The van der Waals surface area contributed by atoms with Gasteiger partial charge in [-0.1, -0.05) is 6.92 Å². The molecule has 0 atom stereocenters. The van der Waals surface area contributed by atoms with Gasteiger partial charge in [0.1, 0.15) is 0 Å². The van der Waals surface area contributed by atoms with E-state index >= 15 is 0 Å². The van der Waals surface area contributed by atoms with Crippen LogP contribution in [0.5, 0.6) is 0 Å². The van der Waals surface area contributed by atoms with Gasteiger partial charge in [-0.05, 0) is 27.2 Å². The number of nitrogens with zero attached hydrogens (tertiary/aromatic N) is 3. The maximum atomic E-state index is 5.95. The molecule has 0 radical (unpaired) electrons.